The number of carbonyl (C=O) groups is 1. The van der Waals surface area contributed by atoms with Gasteiger partial charge in [0.2, 0.25) is 5.91 Å². The number of hydrogen-bond donors (Lipinski definition) is 1. The zero-order chi connectivity index (χ0) is 13.9. The van der Waals surface area contributed by atoms with Crippen LogP contribution in [0, 0.1) is 5.92 Å². The van der Waals surface area contributed by atoms with E-state index in [1.165, 1.54) is 6.42 Å². The topological polar surface area (TPSA) is 54.0 Å². The van der Waals surface area contributed by atoms with Crippen molar-refractivity contribution in [1.82, 2.24) is 15.1 Å². The summed E-state index contributed by atoms with van der Waals surface area (Å²) in [5, 5.41) is 2.71. The molecule has 20 heavy (non-hydrogen) atoms. The first-order valence-electron chi connectivity index (χ1n) is 7.62. The Hall–Kier alpha value is -0.690. The van der Waals surface area contributed by atoms with Gasteiger partial charge in [-0.25, -0.2) is 0 Å². The second kappa shape index (κ2) is 6.39. The Kier molecular flexibility index (Phi) is 4.55. The number of likely N-dealkylation sites (N-methyl/N-ethyl adjacent to an activating group) is 1. The first kappa shape index (κ1) is 14.3. The molecular weight excluding hydrogens is 258 g/mol. The van der Waals surface area contributed by atoms with E-state index in [0.717, 1.165) is 46.0 Å². The van der Waals surface area contributed by atoms with Gasteiger partial charge in [-0.1, -0.05) is 0 Å². The minimum atomic E-state index is 0.0910. The number of carbonyl (C=O) groups excluding carboxylic acids is 1. The van der Waals surface area contributed by atoms with Crippen LogP contribution in [0.2, 0.25) is 0 Å². The number of morpholine rings is 1. The predicted octanol–water partition coefficient (Wildman–Crippen LogP) is -0.846. The summed E-state index contributed by atoms with van der Waals surface area (Å²) in [6.07, 6.45) is 1.44. The lowest BCUT2D eigenvalue weighted by molar-refractivity contribution is -0.125. The van der Waals surface area contributed by atoms with Crippen molar-refractivity contribution in [3.8, 4) is 0 Å². The van der Waals surface area contributed by atoms with Gasteiger partial charge in [0.1, 0.15) is 0 Å². The van der Waals surface area contributed by atoms with Gasteiger partial charge in [0.25, 0.3) is 0 Å². The van der Waals surface area contributed by atoms with E-state index in [1.54, 1.807) is 7.05 Å². The summed E-state index contributed by atoms with van der Waals surface area (Å²) in [6.45, 7) is 6.99. The molecule has 1 unspecified atom stereocenters. The molecule has 3 aliphatic rings. The van der Waals surface area contributed by atoms with Gasteiger partial charge < -0.3 is 14.8 Å². The molecule has 0 aromatic heterocycles. The average Bonchev–Trinajstić information content (AvgIpc) is 3.08. The molecule has 3 aliphatic heterocycles. The van der Waals surface area contributed by atoms with Crippen LogP contribution < -0.4 is 5.32 Å². The Bertz CT molecular complexity index is 347. The predicted molar refractivity (Wildman–Crippen MR) is 74.5 cm³/mol. The molecule has 1 N–H and O–H groups in total. The van der Waals surface area contributed by atoms with Crippen LogP contribution in [0.4, 0.5) is 0 Å². The first-order chi connectivity index (χ1) is 9.76. The van der Waals surface area contributed by atoms with Gasteiger partial charge in [0, 0.05) is 39.8 Å². The summed E-state index contributed by atoms with van der Waals surface area (Å²) in [7, 11) is 1.70. The summed E-state index contributed by atoms with van der Waals surface area (Å²) in [5.41, 5.74) is 0. The highest BCUT2D eigenvalue weighted by Gasteiger charge is 2.41. The normalized spacial score (nSPS) is 35.1. The molecule has 0 spiro atoms. The van der Waals surface area contributed by atoms with Crippen LogP contribution >= 0.6 is 0 Å². The van der Waals surface area contributed by atoms with E-state index < -0.39 is 0 Å². The second-order valence-corrected chi connectivity index (χ2v) is 6.07. The lowest BCUT2D eigenvalue weighted by Gasteiger charge is -2.36. The number of nitrogens with zero attached hydrogens (tertiary/aromatic N) is 2. The van der Waals surface area contributed by atoms with Gasteiger partial charge in [-0.3, -0.25) is 14.6 Å². The van der Waals surface area contributed by atoms with Gasteiger partial charge >= 0.3 is 0 Å². The molecule has 1 amide bonds. The number of likely N-dealkylation sites (tertiary alicyclic amines) is 1. The fourth-order valence-electron chi connectivity index (χ4n) is 3.54. The second-order valence-electron chi connectivity index (χ2n) is 6.07. The van der Waals surface area contributed by atoms with Crippen LogP contribution in [-0.4, -0.2) is 87.4 Å². The third-order valence-electron chi connectivity index (χ3n) is 4.66. The highest BCUT2D eigenvalue weighted by atomic mass is 16.5. The van der Waals surface area contributed by atoms with Crippen LogP contribution in [0.15, 0.2) is 0 Å². The maximum atomic E-state index is 11.6. The molecule has 6 heteroatoms. The SMILES string of the molecule is CNC(=O)CN1CCO[C@@H]2CN(CC3CCOC3)C[C@@H]21. The van der Waals surface area contributed by atoms with Crippen molar-refractivity contribution < 1.29 is 14.3 Å². The van der Waals surface area contributed by atoms with Crippen molar-refractivity contribution in [1.29, 1.82) is 0 Å². The Balaban J connectivity index is 1.55. The number of hydrogen-bond acceptors (Lipinski definition) is 5. The zero-order valence-electron chi connectivity index (χ0n) is 12.2. The van der Waals surface area contributed by atoms with Crippen LogP contribution in [0.3, 0.4) is 0 Å². The largest absolute Gasteiger partial charge is 0.381 e. The molecule has 3 fully saturated rings. The molecule has 0 radical (unpaired) electrons. The smallest absolute Gasteiger partial charge is 0.233 e. The van der Waals surface area contributed by atoms with Crippen molar-refractivity contribution in [2.24, 2.45) is 5.92 Å². The molecule has 3 saturated heterocycles. The van der Waals surface area contributed by atoms with Gasteiger partial charge in [-0.2, -0.15) is 0 Å². The Morgan fingerprint density at radius 1 is 1.35 bits per heavy atom. The van der Waals surface area contributed by atoms with Crippen molar-refractivity contribution in [3.63, 3.8) is 0 Å². The molecule has 6 nitrogen and oxygen atoms in total. The zero-order valence-corrected chi connectivity index (χ0v) is 12.2. The van der Waals surface area contributed by atoms with Crippen LogP contribution in [0.25, 0.3) is 0 Å². The fraction of sp³-hybridized carbons (Fsp3) is 0.929. The van der Waals surface area contributed by atoms with Crippen molar-refractivity contribution in [2.75, 3.05) is 59.6 Å². The van der Waals surface area contributed by atoms with Crippen LogP contribution in [0.1, 0.15) is 6.42 Å². The Labute approximate surface area is 120 Å². The highest BCUT2D eigenvalue weighted by molar-refractivity contribution is 5.77. The summed E-state index contributed by atoms with van der Waals surface area (Å²) in [4.78, 5) is 16.4. The van der Waals surface area contributed by atoms with E-state index in [1.807, 2.05) is 0 Å². The molecule has 0 aromatic carbocycles. The number of rotatable bonds is 4. The summed E-state index contributed by atoms with van der Waals surface area (Å²) >= 11 is 0. The summed E-state index contributed by atoms with van der Waals surface area (Å²) in [6, 6.07) is 0.364. The molecular formula is C14H25N3O3. The molecule has 0 aromatic rings. The van der Waals surface area contributed by atoms with Crippen LogP contribution in [0.5, 0.6) is 0 Å². The molecule has 3 heterocycles. The average molecular weight is 283 g/mol. The minimum absolute atomic E-state index is 0.0910. The van der Waals surface area contributed by atoms with Crippen molar-refractivity contribution in [2.45, 2.75) is 18.6 Å². The van der Waals surface area contributed by atoms with E-state index in [4.69, 9.17) is 9.47 Å². The van der Waals surface area contributed by atoms with E-state index in [-0.39, 0.29) is 12.0 Å². The maximum absolute atomic E-state index is 11.6. The lowest BCUT2D eigenvalue weighted by atomic mass is 10.1. The molecule has 0 aliphatic carbocycles. The third-order valence-corrected chi connectivity index (χ3v) is 4.66. The molecule has 0 bridgehead atoms. The van der Waals surface area contributed by atoms with E-state index in [9.17, 15) is 4.79 Å². The fourth-order valence-corrected chi connectivity index (χ4v) is 3.54. The molecule has 3 atom stereocenters. The minimum Gasteiger partial charge on any atom is -0.381 e. The maximum Gasteiger partial charge on any atom is 0.233 e. The standard InChI is InChI=1S/C14H25N3O3/c1-15-14(18)9-17-3-5-20-13-8-16(7-12(13)17)6-11-2-4-19-10-11/h11-13H,2-10H2,1H3,(H,15,18)/t11?,12-,13+/m0/s1. The number of amides is 1. The number of fused-ring (bicyclic) bond motifs is 1. The number of nitrogens with one attached hydrogen (secondary N) is 1. The monoisotopic (exact) mass is 283 g/mol. The lowest BCUT2D eigenvalue weighted by Crippen LogP contribution is -2.53. The number of ether oxygens (including phenoxy) is 2. The van der Waals surface area contributed by atoms with Gasteiger partial charge in [-0.15, -0.1) is 0 Å². The summed E-state index contributed by atoms with van der Waals surface area (Å²) in [5.74, 6) is 0.760. The van der Waals surface area contributed by atoms with E-state index in [2.05, 4.69) is 15.1 Å². The van der Waals surface area contributed by atoms with Gasteiger partial charge in [0.15, 0.2) is 0 Å². The van der Waals surface area contributed by atoms with E-state index in [0.29, 0.717) is 18.5 Å². The molecule has 114 valence electrons. The first-order valence-corrected chi connectivity index (χ1v) is 7.62. The Morgan fingerprint density at radius 2 is 2.25 bits per heavy atom. The third kappa shape index (κ3) is 3.14. The summed E-state index contributed by atoms with van der Waals surface area (Å²) < 4.78 is 11.3. The Morgan fingerprint density at radius 3 is 3.00 bits per heavy atom. The van der Waals surface area contributed by atoms with Gasteiger partial charge in [0.05, 0.1) is 31.9 Å². The quantitative estimate of drug-likeness (QED) is 0.729. The van der Waals surface area contributed by atoms with Crippen molar-refractivity contribution >= 4 is 5.91 Å². The molecule has 0 saturated carbocycles. The molecule has 3 rings (SSSR count). The van der Waals surface area contributed by atoms with Gasteiger partial charge in [-0.05, 0) is 12.3 Å². The van der Waals surface area contributed by atoms with Crippen LogP contribution in [-0.2, 0) is 14.3 Å². The van der Waals surface area contributed by atoms with E-state index >= 15 is 0 Å². The van der Waals surface area contributed by atoms with Crippen molar-refractivity contribution in [3.05, 3.63) is 0 Å². The highest BCUT2D eigenvalue weighted by Crippen LogP contribution is 2.24.